The second-order valence-electron chi connectivity index (χ2n) is 15.8. The molecule has 234 valence electrons. The molecule has 4 saturated carbocycles. The van der Waals surface area contributed by atoms with Crippen LogP contribution in [0.3, 0.4) is 0 Å². The predicted molar refractivity (Wildman–Crippen MR) is 161 cm³/mol. The van der Waals surface area contributed by atoms with Crippen LogP contribution in [0.25, 0.3) is 4.98 Å². The van der Waals surface area contributed by atoms with Gasteiger partial charge in [0.05, 0.1) is 55.2 Å². The van der Waals surface area contributed by atoms with Gasteiger partial charge in [-0.15, -0.1) is 0 Å². The van der Waals surface area contributed by atoms with Crippen molar-refractivity contribution in [3.05, 3.63) is 4.98 Å². The summed E-state index contributed by atoms with van der Waals surface area (Å²) in [5, 5.41) is 43.5. The van der Waals surface area contributed by atoms with Crippen molar-refractivity contribution in [3.8, 4) is 0 Å². The van der Waals surface area contributed by atoms with Crippen LogP contribution in [0.2, 0.25) is 0 Å². The maximum absolute atomic E-state index is 10.2. The standard InChI is InChI=1S/C32H55N10.Zn/c33-42-23-15-7-14-22-24(23)32-40-30-21-13-6-5-12-20(21)28(38-30)36-26-17-9-2-1-8-16(17)25(34-26)35-27-18-10-3-4-11-19(18)29(37-27)39-31(22)41-32;/h16-32,34-41H,1-15H2;/q+1;. The molecule has 17 unspecified atom stereocenters. The fraction of sp³-hybridized carbons (Fsp3) is 1.00. The Labute approximate surface area is 270 Å². The normalized spacial score (nSPS) is 55.7. The summed E-state index contributed by atoms with van der Waals surface area (Å²) in [5.41, 5.74) is 0. The van der Waals surface area contributed by atoms with Gasteiger partial charge in [-0.25, -0.2) is 0 Å². The van der Waals surface area contributed by atoms with E-state index in [2.05, 4.69) is 47.5 Å². The van der Waals surface area contributed by atoms with Crippen LogP contribution in [0.4, 0.5) is 0 Å². The van der Waals surface area contributed by atoms with Crippen molar-refractivity contribution in [1.82, 2.24) is 42.5 Å². The van der Waals surface area contributed by atoms with E-state index >= 15 is 0 Å². The molecule has 0 spiro atoms. The van der Waals surface area contributed by atoms with E-state index in [1.54, 1.807) is 0 Å². The average molecular weight is 645 g/mol. The van der Waals surface area contributed by atoms with Gasteiger partial charge in [0.1, 0.15) is 4.98 Å². The molecule has 8 bridgehead atoms. The van der Waals surface area contributed by atoms with Gasteiger partial charge < -0.3 is 0 Å². The van der Waals surface area contributed by atoms with Gasteiger partial charge in [0.2, 0.25) is 5.39 Å². The quantitative estimate of drug-likeness (QED) is 0.148. The third-order valence-corrected chi connectivity index (χ3v) is 14.0. The molecule has 5 saturated heterocycles. The van der Waals surface area contributed by atoms with Crippen LogP contribution < -0.4 is 42.5 Å². The number of diazo groups is 1. The first-order chi connectivity index (χ1) is 20.7. The Morgan fingerprint density at radius 1 is 0.349 bits per heavy atom. The minimum atomic E-state index is 0. The van der Waals surface area contributed by atoms with Gasteiger partial charge in [-0.1, -0.05) is 38.5 Å². The van der Waals surface area contributed by atoms with Gasteiger partial charge in [-0.3, -0.25) is 42.5 Å². The molecule has 9 rings (SSSR count). The molecule has 0 aromatic heterocycles. The van der Waals surface area contributed by atoms with Crippen molar-refractivity contribution < 1.29 is 19.5 Å². The molecule has 5 aliphatic heterocycles. The van der Waals surface area contributed by atoms with Crippen LogP contribution in [0.5, 0.6) is 0 Å². The fourth-order valence-electron chi connectivity index (χ4n) is 12.2. The van der Waals surface area contributed by atoms with Crippen molar-refractivity contribution >= 4 is 0 Å². The first-order valence-electron chi connectivity index (χ1n) is 18.2. The Morgan fingerprint density at radius 3 is 0.953 bits per heavy atom. The molecule has 8 N–H and O–H groups in total. The summed E-state index contributed by atoms with van der Waals surface area (Å²) in [6.45, 7) is 0. The monoisotopic (exact) mass is 643 g/mol. The smallest absolute Gasteiger partial charge is 0.286 e. The number of rotatable bonds is 0. The Morgan fingerprint density at radius 2 is 0.628 bits per heavy atom. The maximum Gasteiger partial charge on any atom is 0.320 e. The summed E-state index contributed by atoms with van der Waals surface area (Å²) in [6.07, 6.45) is 21.8. The minimum Gasteiger partial charge on any atom is -0.286 e. The molecule has 43 heavy (non-hydrogen) atoms. The Bertz CT molecular complexity index is 1040. The van der Waals surface area contributed by atoms with Gasteiger partial charge in [-0.2, -0.15) is 0 Å². The van der Waals surface area contributed by atoms with E-state index in [1.165, 1.54) is 83.5 Å². The first kappa shape index (κ1) is 30.1. The van der Waals surface area contributed by atoms with Crippen LogP contribution in [0.1, 0.15) is 96.3 Å². The molecular formula is C32H55N10Zn+. The molecular weight excluding hydrogens is 590 g/mol. The van der Waals surface area contributed by atoms with Crippen LogP contribution in [-0.4, -0.2) is 55.4 Å². The Balaban J connectivity index is 0.00000278. The molecule has 17 atom stereocenters. The molecule has 11 heteroatoms. The maximum atomic E-state index is 10.2. The number of hydrogen-bond donors (Lipinski definition) is 8. The summed E-state index contributed by atoms with van der Waals surface area (Å²) in [5.74, 6) is 4.85. The fourth-order valence-corrected chi connectivity index (χ4v) is 12.2. The van der Waals surface area contributed by atoms with E-state index in [-0.39, 0.29) is 44.0 Å². The molecule has 9 fully saturated rings. The van der Waals surface area contributed by atoms with Gasteiger partial charge in [0.25, 0.3) is 0 Å². The van der Waals surface area contributed by atoms with Crippen molar-refractivity contribution in [3.63, 3.8) is 0 Å². The molecule has 0 aromatic rings. The molecule has 0 aromatic carbocycles. The molecule has 4 aliphatic carbocycles. The van der Waals surface area contributed by atoms with Crippen molar-refractivity contribution in [2.75, 3.05) is 0 Å². The molecule has 10 nitrogen and oxygen atoms in total. The average Bonchev–Trinajstić information content (AvgIpc) is 3.76. The molecule has 0 amide bonds. The van der Waals surface area contributed by atoms with E-state index in [4.69, 9.17) is 0 Å². The zero-order chi connectivity index (χ0) is 27.8. The molecule has 9 aliphatic rings. The van der Waals surface area contributed by atoms with Gasteiger partial charge in [0.15, 0.2) is 0 Å². The van der Waals surface area contributed by atoms with E-state index in [9.17, 15) is 5.39 Å². The van der Waals surface area contributed by atoms with Crippen molar-refractivity contribution in [1.29, 1.82) is 5.39 Å². The first-order valence-corrected chi connectivity index (χ1v) is 18.2. The SMILES string of the molecule is N#[N+]C1CCCC2C3NC4NC(NC5NC(NC6NC(NC(N3)C12)C1CCCCC61)C1CCCCC51)C1CCCCC41.[Zn]. The van der Waals surface area contributed by atoms with Gasteiger partial charge in [0, 0.05) is 31.8 Å². The molecule has 5 heterocycles. The topological polar surface area (TPSA) is 124 Å². The van der Waals surface area contributed by atoms with Crippen LogP contribution in [0.15, 0.2) is 0 Å². The molecule has 0 radical (unpaired) electrons. The van der Waals surface area contributed by atoms with Crippen LogP contribution in [0, 0.1) is 52.7 Å². The summed E-state index contributed by atoms with van der Waals surface area (Å²) < 4.78 is 0. The van der Waals surface area contributed by atoms with Crippen LogP contribution in [-0.2, 0) is 19.5 Å². The van der Waals surface area contributed by atoms with E-state index < -0.39 is 0 Å². The Hall–Kier alpha value is -0.277. The predicted octanol–water partition coefficient (Wildman–Crippen LogP) is 2.43. The number of hydrogen-bond acceptors (Lipinski definition) is 9. The summed E-state index contributed by atoms with van der Waals surface area (Å²) >= 11 is 0. The minimum absolute atomic E-state index is 0. The van der Waals surface area contributed by atoms with E-state index in [0.717, 1.165) is 12.8 Å². The van der Waals surface area contributed by atoms with E-state index in [0.29, 0.717) is 78.2 Å². The van der Waals surface area contributed by atoms with E-state index in [1.807, 2.05) is 0 Å². The largest absolute Gasteiger partial charge is 0.320 e. The number of fused-ring (bicyclic) bond motifs is 20. The Kier molecular flexibility index (Phi) is 8.67. The van der Waals surface area contributed by atoms with Gasteiger partial charge >= 0.3 is 6.04 Å². The zero-order valence-electron chi connectivity index (χ0n) is 26.0. The number of nitrogens with one attached hydrogen (secondary N) is 8. The van der Waals surface area contributed by atoms with Gasteiger partial charge in [-0.05, 0) is 86.9 Å². The second-order valence-corrected chi connectivity index (χ2v) is 15.8. The third kappa shape index (κ3) is 5.18. The summed E-state index contributed by atoms with van der Waals surface area (Å²) in [4.78, 5) is 4.00. The zero-order valence-corrected chi connectivity index (χ0v) is 29.0. The second kappa shape index (κ2) is 12.4. The van der Waals surface area contributed by atoms with Crippen molar-refractivity contribution in [2.45, 2.75) is 152 Å². The number of nitrogens with zero attached hydrogens (tertiary/aromatic N) is 2. The van der Waals surface area contributed by atoms with Crippen LogP contribution >= 0.6 is 0 Å². The summed E-state index contributed by atoms with van der Waals surface area (Å²) in [7, 11) is 0. The summed E-state index contributed by atoms with van der Waals surface area (Å²) in [6, 6.07) is 0.0108. The third-order valence-electron chi connectivity index (χ3n) is 14.0. The van der Waals surface area contributed by atoms with Crippen molar-refractivity contribution in [2.24, 2.45) is 47.3 Å².